The van der Waals surface area contributed by atoms with Gasteiger partial charge in [-0.05, 0) is 57.7 Å². The van der Waals surface area contributed by atoms with Crippen LogP contribution in [0.5, 0.6) is 0 Å². The van der Waals surface area contributed by atoms with Crippen molar-refractivity contribution < 1.29 is 0 Å². The minimum atomic E-state index is -0.0434. The number of nitrogens with one attached hydrogen (secondary N) is 1. The van der Waals surface area contributed by atoms with E-state index in [0.717, 1.165) is 6.42 Å². The molecule has 0 amide bonds. The summed E-state index contributed by atoms with van der Waals surface area (Å²) in [6.45, 7) is 11.2. The molecule has 0 aliphatic heterocycles. The van der Waals surface area contributed by atoms with E-state index in [-0.39, 0.29) is 11.1 Å². The van der Waals surface area contributed by atoms with Gasteiger partial charge < -0.3 is 5.32 Å². The summed E-state index contributed by atoms with van der Waals surface area (Å²) in [5.41, 5.74) is 4.21. The fourth-order valence-electron chi connectivity index (χ4n) is 2.96. The summed E-state index contributed by atoms with van der Waals surface area (Å²) in [6.07, 6.45) is 7.64. The fourth-order valence-corrected chi connectivity index (χ4v) is 2.96. The highest BCUT2D eigenvalue weighted by Gasteiger charge is 2.28. The Hall–Kier alpha value is -1.34. The Bertz CT molecular complexity index is 513. The van der Waals surface area contributed by atoms with Crippen LogP contribution >= 0.6 is 0 Å². The van der Waals surface area contributed by atoms with Crippen LogP contribution < -0.4 is 5.32 Å². The van der Waals surface area contributed by atoms with Crippen LogP contribution in [0.3, 0.4) is 0 Å². The first-order valence-electron chi connectivity index (χ1n) is 7.04. The molecule has 1 aliphatic rings. The second kappa shape index (κ2) is 4.97. The summed E-state index contributed by atoms with van der Waals surface area (Å²) >= 11 is 0. The van der Waals surface area contributed by atoms with Crippen LogP contribution in [-0.4, -0.2) is 5.54 Å². The zero-order valence-electron chi connectivity index (χ0n) is 12.7. The second-order valence-electron chi connectivity index (χ2n) is 6.87. The lowest BCUT2D eigenvalue weighted by molar-refractivity contribution is 0.286. The molecule has 1 aliphatic carbocycles. The number of rotatable bonds is 3. The average Bonchev–Trinajstić information content (AvgIpc) is 2.79. The van der Waals surface area contributed by atoms with E-state index in [1.54, 1.807) is 0 Å². The van der Waals surface area contributed by atoms with E-state index in [0.29, 0.717) is 0 Å². The topological polar surface area (TPSA) is 12.0 Å². The van der Waals surface area contributed by atoms with Crippen molar-refractivity contribution in [3.63, 3.8) is 0 Å². The predicted molar refractivity (Wildman–Crippen MR) is 84.1 cm³/mol. The van der Waals surface area contributed by atoms with Crippen molar-refractivity contribution in [1.29, 1.82) is 0 Å². The minimum absolute atomic E-state index is 0.0434. The number of benzene rings is 1. The third-order valence-electron chi connectivity index (χ3n) is 3.41. The summed E-state index contributed by atoms with van der Waals surface area (Å²) in [4.78, 5) is 0. The highest BCUT2D eigenvalue weighted by molar-refractivity contribution is 5.73. The smallest absolute Gasteiger partial charge is 0.0387 e. The molecule has 19 heavy (non-hydrogen) atoms. The van der Waals surface area contributed by atoms with Crippen molar-refractivity contribution in [2.45, 2.75) is 52.1 Å². The molecule has 2 rings (SSSR count). The summed E-state index contributed by atoms with van der Waals surface area (Å²) in [5, 5.41) is 3.73. The van der Waals surface area contributed by atoms with Crippen LogP contribution in [0.1, 0.15) is 52.2 Å². The van der Waals surface area contributed by atoms with E-state index in [4.69, 9.17) is 0 Å². The van der Waals surface area contributed by atoms with Gasteiger partial charge in [-0.1, -0.05) is 42.5 Å². The lowest BCUT2D eigenvalue weighted by Crippen LogP contribution is -2.48. The molecule has 0 atom stereocenters. The SMILES string of the molecule is CC(C)(C)NC(C)(C)c1ccccc1C1=CC=CC1. The number of allylic oxidation sites excluding steroid dienone is 4. The predicted octanol–water partition coefficient (Wildman–Crippen LogP) is 4.65. The van der Waals surface area contributed by atoms with Crippen molar-refractivity contribution >= 4 is 5.57 Å². The Morgan fingerprint density at radius 3 is 2.26 bits per heavy atom. The van der Waals surface area contributed by atoms with Crippen LogP contribution in [0.15, 0.2) is 42.5 Å². The first kappa shape index (κ1) is 14.1. The molecule has 0 unspecified atom stereocenters. The van der Waals surface area contributed by atoms with Gasteiger partial charge in [0, 0.05) is 11.1 Å². The molecular formula is C18H25N. The molecule has 1 aromatic carbocycles. The van der Waals surface area contributed by atoms with Crippen LogP contribution in [0, 0.1) is 0 Å². The normalized spacial score (nSPS) is 15.7. The van der Waals surface area contributed by atoms with Gasteiger partial charge in [0.2, 0.25) is 0 Å². The third kappa shape index (κ3) is 3.36. The van der Waals surface area contributed by atoms with Crippen molar-refractivity contribution in [2.24, 2.45) is 0 Å². The van der Waals surface area contributed by atoms with Gasteiger partial charge >= 0.3 is 0 Å². The molecule has 0 saturated carbocycles. The standard InChI is InChI=1S/C18H25N/c1-17(2,3)19-18(4,5)16-13-9-8-12-15(16)14-10-6-7-11-14/h6-10,12-13,19H,11H2,1-5H3. The van der Waals surface area contributed by atoms with Gasteiger partial charge in [-0.25, -0.2) is 0 Å². The fraction of sp³-hybridized carbons (Fsp3) is 0.444. The maximum Gasteiger partial charge on any atom is 0.0387 e. The van der Waals surface area contributed by atoms with Crippen LogP contribution in [0.4, 0.5) is 0 Å². The van der Waals surface area contributed by atoms with Gasteiger partial charge in [0.1, 0.15) is 0 Å². The molecule has 1 heteroatoms. The summed E-state index contributed by atoms with van der Waals surface area (Å²) < 4.78 is 0. The molecule has 0 bridgehead atoms. The maximum absolute atomic E-state index is 3.73. The van der Waals surface area contributed by atoms with Crippen molar-refractivity contribution in [3.8, 4) is 0 Å². The van der Waals surface area contributed by atoms with Gasteiger partial charge in [-0.15, -0.1) is 0 Å². The molecule has 1 N–H and O–H groups in total. The maximum atomic E-state index is 3.73. The third-order valence-corrected chi connectivity index (χ3v) is 3.41. The summed E-state index contributed by atoms with van der Waals surface area (Å²) in [7, 11) is 0. The molecule has 102 valence electrons. The zero-order valence-corrected chi connectivity index (χ0v) is 12.7. The highest BCUT2D eigenvalue weighted by Crippen LogP contribution is 2.33. The molecule has 0 fully saturated rings. The number of hydrogen-bond donors (Lipinski definition) is 1. The molecule has 0 heterocycles. The zero-order chi connectivity index (χ0) is 14.1. The average molecular weight is 255 g/mol. The Morgan fingerprint density at radius 1 is 1.00 bits per heavy atom. The summed E-state index contributed by atoms with van der Waals surface area (Å²) in [6, 6.07) is 8.74. The Morgan fingerprint density at radius 2 is 1.68 bits per heavy atom. The van der Waals surface area contributed by atoms with Crippen LogP contribution in [0.2, 0.25) is 0 Å². The Balaban J connectivity index is 2.39. The summed E-state index contributed by atoms with van der Waals surface area (Å²) in [5.74, 6) is 0. The molecule has 0 aromatic heterocycles. The lowest BCUT2D eigenvalue weighted by atomic mass is 9.85. The largest absolute Gasteiger partial charge is 0.303 e. The molecule has 1 aromatic rings. The number of hydrogen-bond acceptors (Lipinski definition) is 1. The Kier molecular flexibility index (Phi) is 3.69. The quantitative estimate of drug-likeness (QED) is 0.828. The van der Waals surface area contributed by atoms with Gasteiger partial charge in [0.05, 0.1) is 0 Å². The monoisotopic (exact) mass is 255 g/mol. The van der Waals surface area contributed by atoms with E-state index < -0.39 is 0 Å². The Labute approximate surface area is 117 Å². The minimum Gasteiger partial charge on any atom is -0.303 e. The van der Waals surface area contributed by atoms with Gasteiger partial charge in [-0.3, -0.25) is 0 Å². The van der Waals surface area contributed by atoms with Gasteiger partial charge in [0.15, 0.2) is 0 Å². The van der Waals surface area contributed by atoms with Crippen molar-refractivity contribution in [1.82, 2.24) is 5.32 Å². The second-order valence-corrected chi connectivity index (χ2v) is 6.87. The van der Waals surface area contributed by atoms with Gasteiger partial charge in [0.25, 0.3) is 0 Å². The van der Waals surface area contributed by atoms with E-state index in [1.165, 1.54) is 16.7 Å². The van der Waals surface area contributed by atoms with Gasteiger partial charge in [-0.2, -0.15) is 0 Å². The first-order chi connectivity index (χ1) is 8.80. The van der Waals surface area contributed by atoms with E-state index >= 15 is 0 Å². The van der Waals surface area contributed by atoms with E-state index in [1.807, 2.05) is 0 Å². The van der Waals surface area contributed by atoms with Crippen LogP contribution in [-0.2, 0) is 5.54 Å². The molecule has 0 spiro atoms. The highest BCUT2D eigenvalue weighted by atomic mass is 15.0. The molecule has 0 saturated heterocycles. The molecule has 0 radical (unpaired) electrons. The lowest BCUT2D eigenvalue weighted by Gasteiger charge is -2.36. The first-order valence-corrected chi connectivity index (χ1v) is 7.04. The van der Waals surface area contributed by atoms with E-state index in [9.17, 15) is 0 Å². The molecule has 1 nitrogen and oxygen atoms in total. The molecular weight excluding hydrogens is 230 g/mol. The van der Waals surface area contributed by atoms with Crippen molar-refractivity contribution in [2.75, 3.05) is 0 Å². The van der Waals surface area contributed by atoms with E-state index in [2.05, 4.69) is 82.4 Å². The van der Waals surface area contributed by atoms with Crippen molar-refractivity contribution in [3.05, 3.63) is 53.6 Å². The van der Waals surface area contributed by atoms with Crippen LogP contribution in [0.25, 0.3) is 5.57 Å².